The van der Waals surface area contributed by atoms with Crippen molar-refractivity contribution >= 4 is 11.6 Å². The molecule has 2 aromatic rings. The Labute approximate surface area is 155 Å². The van der Waals surface area contributed by atoms with Crippen molar-refractivity contribution in [1.82, 2.24) is 0 Å². The summed E-state index contributed by atoms with van der Waals surface area (Å²) in [4.78, 5) is 12.2. The first-order chi connectivity index (χ1) is 12.5. The third kappa shape index (κ3) is 5.38. The predicted octanol–water partition coefficient (Wildman–Crippen LogP) is 4.96. The number of carbonyl (C=O) groups excluding carboxylic acids is 1. The van der Waals surface area contributed by atoms with E-state index in [4.69, 9.17) is 9.47 Å². The molecule has 0 bridgehead atoms. The highest BCUT2D eigenvalue weighted by Crippen LogP contribution is 2.28. The van der Waals surface area contributed by atoms with Crippen LogP contribution in [0, 0.1) is 0 Å². The van der Waals surface area contributed by atoms with Gasteiger partial charge in [0.15, 0.2) is 6.61 Å². The van der Waals surface area contributed by atoms with Crippen molar-refractivity contribution in [3.63, 3.8) is 0 Å². The van der Waals surface area contributed by atoms with Crippen LogP contribution in [0.1, 0.15) is 32.8 Å². The molecule has 0 heterocycles. The Morgan fingerprint density at radius 3 is 2.46 bits per heavy atom. The number of ether oxygens (including phenoxy) is 2. The molecule has 4 heteroatoms. The number of benzene rings is 2. The molecule has 138 valence electrons. The number of hydrogen-bond acceptors (Lipinski definition) is 3. The molecule has 4 nitrogen and oxygen atoms in total. The zero-order valence-corrected chi connectivity index (χ0v) is 15.7. The second-order valence-corrected chi connectivity index (χ2v) is 6.69. The van der Waals surface area contributed by atoms with Crippen molar-refractivity contribution in [2.45, 2.75) is 32.6 Å². The van der Waals surface area contributed by atoms with Gasteiger partial charge < -0.3 is 14.8 Å². The lowest BCUT2D eigenvalue weighted by Crippen LogP contribution is -2.20. The minimum absolute atomic E-state index is 0.0632. The van der Waals surface area contributed by atoms with Gasteiger partial charge in [0.25, 0.3) is 5.91 Å². The topological polar surface area (TPSA) is 47.6 Å². The van der Waals surface area contributed by atoms with Crippen LogP contribution in [0.5, 0.6) is 11.5 Å². The van der Waals surface area contributed by atoms with Crippen molar-refractivity contribution in [3.05, 3.63) is 66.7 Å². The minimum atomic E-state index is -0.238. The largest absolute Gasteiger partial charge is 0.487 e. The fourth-order valence-corrected chi connectivity index (χ4v) is 2.39. The van der Waals surface area contributed by atoms with Crippen LogP contribution in [0.2, 0.25) is 0 Å². The Bertz CT molecular complexity index is 735. The fraction of sp³-hybridized carbons (Fsp3) is 0.318. The van der Waals surface area contributed by atoms with Crippen LogP contribution in [0.25, 0.3) is 0 Å². The number of para-hydroxylation sites is 2. The van der Waals surface area contributed by atoms with E-state index in [-0.39, 0.29) is 17.9 Å². The highest BCUT2D eigenvalue weighted by molar-refractivity contribution is 5.93. The molecule has 0 saturated carbocycles. The van der Waals surface area contributed by atoms with E-state index in [1.54, 1.807) is 18.2 Å². The van der Waals surface area contributed by atoms with Gasteiger partial charge in [-0.25, -0.2) is 0 Å². The molecule has 0 aliphatic carbocycles. The van der Waals surface area contributed by atoms with Gasteiger partial charge in [0.1, 0.15) is 18.1 Å². The van der Waals surface area contributed by atoms with Crippen molar-refractivity contribution in [2.75, 3.05) is 18.5 Å². The van der Waals surface area contributed by atoms with Gasteiger partial charge in [0.2, 0.25) is 0 Å². The normalized spacial score (nSPS) is 10.9. The molecule has 0 atom stereocenters. The fourth-order valence-electron chi connectivity index (χ4n) is 2.39. The first kappa shape index (κ1) is 19.6. The van der Waals surface area contributed by atoms with Crippen molar-refractivity contribution in [1.29, 1.82) is 0 Å². The van der Waals surface area contributed by atoms with Gasteiger partial charge in [-0.2, -0.15) is 0 Å². The van der Waals surface area contributed by atoms with E-state index in [0.29, 0.717) is 23.8 Å². The molecule has 0 spiro atoms. The molecule has 0 aliphatic rings. The average Bonchev–Trinajstić information content (AvgIpc) is 2.66. The zero-order valence-electron chi connectivity index (χ0n) is 15.7. The summed E-state index contributed by atoms with van der Waals surface area (Å²) >= 11 is 0. The van der Waals surface area contributed by atoms with Crippen LogP contribution in [0.15, 0.2) is 61.2 Å². The average molecular weight is 353 g/mol. The van der Waals surface area contributed by atoms with Gasteiger partial charge in [-0.05, 0) is 41.7 Å². The maximum absolute atomic E-state index is 12.2. The number of amides is 1. The summed E-state index contributed by atoms with van der Waals surface area (Å²) in [7, 11) is 0. The Hall–Kier alpha value is -2.75. The first-order valence-corrected chi connectivity index (χ1v) is 8.82. The third-order valence-electron chi connectivity index (χ3n) is 4.41. The first-order valence-electron chi connectivity index (χ1n) is 8.82. The van der Waals surface area contributed by atoms with Crippen LogP contribution in [0.4, 0.5) is 5.69 Å². The summed E-state index contributed by atoms with van der Waals surface area (Å²) in [5.41, 5.74) is 2.00. The second-order valence-electron chi connectivity index (χ2n) is 6.69. The summed E-state index contributed by atoms with van der Waals surface area (Å²) < 4.78 is 11.1. The van der Waals surface area contributed by atoms with E-state index < -0.39 is 0 Å². The number of anilines is 1. The molecule has 26 heavy (non-hydrogen) atoms. The van der Waals surface area contributed by atoms with Gasteiger partial charge >= 0.3 is 0 Å². The van der Waals surface area contributed by atoms with E-state index in [9.17, 15) is 4.79 Å². The molecule has 0 saturated heterocycles. The lowest BCUT2D eigenvalue weighted by atomic mass is 9.82. The van der Waals surface area contributed by atoms with E-state index in [2.05, 4.69) is 44.8 Å². The standard InChI is InChI=1S/C22H27NO3/c1-5-15-25-20-10-8-7-9-19(20)23-21(24)16-26-18-13-11-17(12-14-18)22(3,4)6-2/h5,7-14H,1,6,15-16H2,2-4H3,(H,23,24). The highest BCUT2D eigenvalue weighted by Gasteiger charge is 2.17. The van der Waals surface area contributed by atoms with Gasteiger partial charge in [0.05, 0.1) is 5.69 Å². The maximum atomic E-state index is 12.2. The quantitative estimate of drug-likeness (QED) is 0.648. The summed E-state index contributed by atoms with van der Waals surface area (Å²) in [6.45, 7) is 10.5. The molecule has 2 aromatic carbocycles. The summed E-state index contributed by atoms with van der Waals surface area (Å²) in [6.07, 6.45) is 2.72. The van der Waals surface area contributed by atoms with Gasteiger partial charge in [0, 0.05) is 0 Å². The van der Waals surface area contributed by atoms with Gasteiger partial charge in [-0.3, -0.25) is 4.79 Å². The van der Waals surface area contributed by atoms with Crippen LogP contribution < -0.4 is 14.8 Å². The molecule has 0 aromatic heterocycles. The van der Waals surface area contributed by atoms with Crippen LogP contribution in [-0.4, -0.2) is 19.1 Å². The van der Waals surface area contributed by atoms with E-state index in [1.165, 1.54) is 5.56 Å². The lowest BCUT2D eigenvalue weighted by molar-refractivity contribution is -0.118. The molecule has 1 N–H and O–H groups in total. The smallest absolute Gasteiger partial charge is 0.262 e. The zero-order chi connectivity index (χ0) is 19.0. The Morgan fingerprint density at radius 2 is 1.81 bits per heavy atom. The minimum Gasteiger partial charge on any atom is -0.487 e. The predicted molar refractivity (Wildman–Crippen MR) is 106 cm³/mol. The molecular weight excluding hydrogens is 326 g/mol. The van der Waals surface area contributed by atoms with Crippen LogP contribution >= 0.6 is 0 Å². The van der Waals surface area contributed by atoms with Crippen LogP contribution in [-0.2, 0) is 10.2 Å². The van der Waals surface area contributed by atoms with Crippen molar-refractivity contribution < 1.29 is 14.3 Å². The molecule has 2 rings (SSSR count). The number of hydrogen-bond donors (Lipinski definition) is 1. The summed E-state index contributed by atoms with van der Waals surface area (Å²) in [6, 6.07) is 15.2. The lowest BCUT2D eigenvalue weighted by Gasteiger charge is -2.23. The number of rotatable bonds is 9. The molecule has 0 aliphatic heterocycles. The van der Waals surface area contributed by atoms with E-state index >= 15 is 0 Å². The molecule has 0 unspecified atom stereocenters. The van der Waals surface area contributed by atoms with Crippen molar-refractivity contribution in [3.8, 4) is 11.5 Å². The maximum Gasteiger partial charge on any atom is 0.262 e. The van der Waals surface area contributed by atoms with Gasteiger partial charge in [-0.15, -0.1) is 0 Å². The van der Waals surface area contributed by atoms with Crippen molar-refractivity contribution in [2.24, 2.45) is 0 Å². The molecule has 1 amide bonds. The second kappa shape index (κ2) is 9.09. The number of carbonyl (C=O) groups is 1. The van der Waals surface area contributed by atoms with Crippen LogP contribution in [0.3, 0.4) is 0 Å². The van der Waals surface area contributed by atoms with E-state index in [1.807, 2.05) is 24.3 Å². The molecule has 0 radical (unpaired) electrons. The Morgan fingerprint density at radius 1 is 1.12 bits per heavy atom. The third-order valence-corrected chi connectivity index (χ3v) is 4.41. The van der Waals surface area contributed by atoms with Gasteiger partial charge in [-0.1, -0.05) is 57.7 Å². The summed E-state index contributed by atoms with van der Waals surface area (Å²) in [5.74, 6) is 1.04. The van der Waals surface area contributed by atoms with E-state index in [0.717, 1.165) is 6.42 Å². The molecule has 0 fully saturated rings. The number of nitrogens with one attached hydrogen (secondary N) is 1. The SMILES string of the molecule is C=CCOc1ccccc1NC(=O)COc1ccc(C(C)(C)CC)cc1. The monoisotopic (exact) mass is 353 g/mol. The highest BCUT2D eigenvalue weighted by atomic mass is 16.5. The Balaban J connectivity index is 1.92. The summed E-state index contributed by atoms with van der Waals surface area (Å²) in [5, 5.41) is 2.81. The Kier molecular flexibility index (Phi) is 6.84. The molecular formula is C22H27NO3.